The number of hydrogen-bond donors (Lipinski definition) is 1. The van der Waals surface area contributed by atoms with Gasteiger partial charge >= 0.3 is 12.4 Å². The van der Waals surface area contributed by atoms with Crippen LogP contribution in [0.4, 0.5) is 28.8 Å². The monoisotopic (exact) mass is 402 g/mol. The number of alkyl halides is 3. The van der Waals surface area contributed by atoms with Gasteiger partial charge in [0, 0.05) is 17.3 Å². The third-order valence-corrected chi connectivity index (χ3v) is 3.70. The van der Waals surface area contributed by atoms with Gasteiger partial charge in [-0.05, 0) is 39.8 Å². The molecule has 0 aliphatic rings. The van der Waals surface area contributed by atoms with Crippen LogP contribution in [0.25, 0.3) is 0 Å². The van der Waals surface area contributed by atoms with Crippen molar-refractivity contribution in [2.45, 2.75) is 39.6 Å². The summed E-state index contributed by atoms with van der Waals surface area (Å²) in [5.41, 5.74) is -1.31. The fraction of sp³-hybridized carbons (Fsp3) is 0.375. The first kappa shape index (κ1) is 20.6. The van der Waals surface area contributed by atoms with Gasteiger partial charge in [0.25, 0.3) is 5.91 Å². The van der Waals surface area contributed by atoms with Crippen LogP contribution in [0.15, 0.2) is 23.7 Å². The van der Waals surface area contributed by atoms with Crippen LogP contribution in [0.2, 0.25) is 0 Å². The molecule has 0 fully saturated rings. The molecule has 0 saturated carbocycles. The third-order valence-electron chi connectivity index (χ3n) is 2.94. The summed E-state index contributed by atoms with van der Waals surface area (Å²) < 4.78 is 45.5. The average molecular weight is 402 g/mol. The molecule has 1 N–H and O–H groups in total. The van der Waals surface area contributed by atoms with Gasteiger partial charge < -0.3 is 4.74 Å². The number of hydrogen-bond acceptors (Lipinski definition) is 6. The predicted octanol–water partition coefficient (Wildman–Crippen LogP) is 4.36. The summed E-state index contributed by atoms with van der Waals surface area (Å²) in [4.78, 5) is 31.6. The average Bonchev–Trinajstić information content (AvgIpc) is 2.99. The molecule has 2 aromatic heterocycles. The molecule has 0 radical (unpaired) electrons. The maximum absolute atomic E-state index is 13.5. The molecule has 2 heterocycles. The van der Waals surface area contributed by atoms with Crippen molar-refractivity contribution in [3.8, 4) is 0 Å². The van der Waals surface area contributed by atoms with Crippen molar-refractivity contribution in [2.75, 3.05) is 10.2 Å². The number of nitrogens with zero attached hydrogens (tertiary/aromatic N) is 3. The van der Waals surface area contributed by atoms with Gasteiger partial charge in [0.2, 0.25) is 0 Å². The van der Waals surface area contributed by atoms with Crippen LogP contribution in [-0.2, 0) is 4.74 Å². The molecule has 27 heavy (non-hydrogen) atoms. The second-order valence-corrected chi connectivity index (χ2v) is 7.27. The summed E-state index contributed by atoms with van der Waals surface area (Å²) in [5.74, 6) is -1.47. The van der Waals surface area contributed by atoms with Crippen molar-refractivity contribution in [3.63, 3.8) is 0 Å². The Morgan fingerprint density at radius 3 is 2.41 bits per heavy atom. The Hall–Kier alpha value is -2.69. The Balaban J connectivity index is 2.42. The van der Waals surface area contributed by atoms with E-state index in [2.05, 4.69) is 15.3 Å². The van der Waals surface area contributed by atoms with Crippen LogP contribution in [0.3, 0.4) is 0 Å². The lowest BCUT2D eigenvalue weighted by Gasteiger charge is -2.23. The van der Waals surface area contributed by atoms with Gasteiger partial charge in [-0.1, -0.05) is 0 Å². The highest BCUT2D eigenvalue weighted by molar-refractivity contribution is 7.13. The molecular formula is C16H17F3N4O3S. The van der Waals surface area contributed by atoms with Gasteiger partial charge in [0.15, 0.2) is 10.8 Å². The van der Waals surface area contributed by atoms with Crippen LogP contribution in [0.5, 0.6) is 0 Å². The summed E-state index contributed by atoms with van der Waals surface area (Å²) in [6.07, 6.45) is -4.80. The molecule has 0 saturated heterocycles. The van der Waals surface area contributed by atoms with Gasteiger partial charge in [-0.2, -0.15) is 4.90 Å². The number of aryl methyl sites for hydroxylation is 1. The van der Waals surface area contributed by atoms with Crippen LogP contribution in [0, 0.1) is 6.92 Å². The highest BCUT2D eigenvalue weighted by Crippen LogP contribution is 2.32. The number of carbonyl (C=O) groups is 2. The predicted molar refractivity (Wildman–Crippen MR) is 93.8 cm³/mol. The molecule has 0 aliphatic carbocycles. The number of aromatic nitrogens is 2. The van der Waals surface area contributed by atoms with Crippen LogP contribution in [-0.4, -0.2) is 33.9 Å². The fourth-order valence-electron chi connectivity index (χ4n) is 1.98. The van der Waals surface area contributed by atoms with Gasteiger partial charge in [0.1, 0.15) is 5.60 Å². The molecule has 0 spiro atoms. The van der Waals surface area contributed by atoms with Gasteiger partial charge in [-0.25, -0.2) is 14.8 Å². The van der Waals surface area contributed by atoms with E-state index in [1.54, 1.807) is 20.8 Å². The Morgan fingerprint density at radius 2 is 1.89 bits per heavy atom. The van der Waals surface area contributed by atoms with E-state index in [0.29, 0.717) is 17.0 Å². The Labute approximate surface area is 157 Å². The van der Waals surface area contributed by atoms with Crippen LogP contribution in [0.1, 0.15) is 37.0 Å². The van der Waals surface area contributed by atoms with Gasteiger partial charge in [0.05, 0.1) is 5.69 Å². The minimum Gasteiger partial charge on any atom is -0.444 e. The molecular weight excluding hydrogens is 385 g/mol. The zero-order valence-electron chi connectivity index (χ0n) is 14.9. The molecule has 2 rings (SSSR count). The van der Waals surface area contributed by atoms with Crippen molar-refractivity contribution in [1.29, 1.82) is 0 Å². The summed E-state index contributed by atoms with van der Waals surface area (Å²) in [7, 11) is 0. The SMILES string of the molecule is Cc1ccc(NC(=O)OC(C)(C)C)c(C(=O)N(c2nccs2)C(F)(F)F)n1. The normalized spacial score (nSPS) is 11.8. The van der Waals surface area contributed by atoms with Crippen LogP contribution >= 0.6 is 11.3 Å². The molecule has 146 valence electrons. The van der Waals surface area contributed by atoms with E-state index in [1.807, 2.05) is 0 Å². The van der Waals surface area contributed by atoms with Gasteiger partial charge in [-0.15, -0.1) is 24.5 Å². The summed E-state index contributed by atoms with van der Waals surface area (Å²) in [6.45, 7) is 6.38. The molecule has 0 atom stereocenters. The van der Waals surface area contributed by atoms with Crippen molar-refractivity contribution in [1.82, 2.24) is 9.97 Å². The number of rotatable bonds is 3. The minimum atomic E-state index is -5.02. The number of ether oxygens (including phenoxy) is 1. The van der Waals surface area contributed by atoms with Crippen molar-refractivity contribution in [2.24, 2.45) is 0 Å². The van der Waals surface area contributed by atoms with Crippen molar-refractivity contribution >= 4 is 34.2 Å². The highest BCUT2D eigenvalue weighted by atomic mass is 32.1. The number of carbonyl (C=O) groups excluding carboxylic acids is 2. The topological polar surface area (TPSA) is 84.4 Å². The number of thiazole rings is 1. The molecule has 0 bridgehead atoms. The van der Waals surface area contributed by atoms with Gasteiger partial charge in [-0.3, -0.25) is 10.1 Å². The molecule has 0 unspecified atom stereocenters. The minimum absolute atomic E-state index is 0.203. The number of halogens is 3. The summed E-state index contributed by atoms with van der Waals surface area (Å²) >= 11 is 0.647. The largest absolute Gasteiger partial charge is 0.493 e. The zero-order valence-corrected chi connectivity index (χ0v) is 15.7. The molecule has 2 amide bonds. The second-order valence-electron chi connectivity index (χ2n) is 6.40. The molecule has 11 heteroatoms. The van der Waals surface area contributed by atoms with E-state index in [-0.39, 0.29) is 5.69 Å². The fourth-order valence-corrected chi connectivity index (χ4v) is 2.63. The second kappa shape index (κ2) is 7.51. The third kappa shape index (κ3) is 5.39. The molecule has 0 aliphatic heterocycles. The highest BCUT2D eigenvalue weighted by Gasteiger charge is 2.45. The Kier molecular flexibility index (Phi) is 5.73. The first-order valence-corrected chi connectivity index (χ1v) is 8.55. The smallest absolute Gasteiger partial charge is 0.444 e. The van der Waals surface area contributed by atoms with E-state index in [4.69, 9.17) is 4.74 Å². The van der Waals surface area contributed by atoms with E-state index in [9.17, 15) is 22.8 Å². The standard InChI is InChI=1S/C16H17F3N4O3S/c1-9-5-6-10(22-14(25)26-15(2,3)4)11(21-9)12(24)23(16(17,18)19)13-20-7-8-27-13/h5-8H,1-4H3,(H,22,25). The van der Waals surface area contributed by atoms with E-state index < -0.39 is 39.6 Å². The van der Waals surface area contributed by atoms with E-state index in [0.717, 1.165) is 6.20 Å². The first-order valence-electron chi connectivity index (χ1n) is 7.67. The Bertz CT molecular complexity index is 832. The van der Waals surface area contributed by atoms with E-state index in [1.165, 1.54) is 24.4 Å². The maximum atomic E-state index is 13.5. The van der Waals surface area contributed by atoms with Crippen LogP contribution < -0.4 is 10.2 Å². The lowest BCUT2D eigenvalue weighted by atomic mass is 10.2. The van der Waals surface area contributed by atoms with Crippen molar-refractivity contribution in [3.05, 3.63) is 35.1 Å². The molecule has 0 aromatic carbocycles. The lowest BCUT2D eigenvalue weighted by Crippen LogP contribution is -2.44. The Morgan fingerprint density at radius 1 is 1.22 bits per heavy atom. The van der Waals surface area contributed by atoms with Crippen molar-refractivity contribution < 1.29 is 27.5 Å². The summed E-state index contributed by atoms with van der Waals surface area (Å²) in [6, 6.07) is 2.74. The quantitative estimate of drug-likeness (QED) is 0.771. The number of nitrogens with one attached hydrogen (secondary N) is 1. The molecule has 7 nitrogen and oxygen atoms in total. The summed E-state index contributed by atoms with van der Waals surface area (Å²) in [5, 5.41) is 3.03. The molecule has 2 aromatic rings. The number of anilines is 2. The zero-order chi connectivity index (χ0) is 20.4. The number of pyridine rings is 1. The lowest BCUT2D eigenvalue weighted by molar-refractivity contribution is -0.122. The number of amides is 2. The first-order chi connectivity index (χ1) is 12.4. The van der Waals surface area contributed by atoms with E-state index >= 15 is 0 Å². The maximum Gasteiger partial charge on any atom is 0.493 e.